The smallest absolute Gasteiger partial charge is 0.273 e. The van der Waals surface area contributed by atoms with E-state index in [9.17, 15) is 18.7 Å². The minimum Gasteiger partial charge on any atom is -0.485 e. The number of amides is 1. The summed E-state index contributed by atoms with van der Waals surface area (Å²) >= 11 is 0. The number of ether oxygens (including phenoxy) is 1. The molecule has 1 atom stereocenters. The molecule has 0 aliphatic heterocycles. The normalized spacial score (nSPS) is 12.0. The molecular formula is C17H18F2N2O3. The van der Waals surface area contributed by atoms with E-state index in [4.69, 9.17) is 4.74 Å². The van der Waals surface area contributed by atoms with Gasteiger partial charge in [-0.2, -0.15) is 0 Å². The topological polar surface area (TPSA) is 71.5 Å². The highest BCUT2D eigenvalue weighted by molar-refractivity contribution is 5.94. The molecule has 0 bridgehead atoms. The predicted octanol–water partition coefficient (Wildman–Crippen LogP) is 2.50. The molecule has 0 saturated carbocycles. The number of carbonyl (C=O) groups is 1. The Hall–Kier alpha value is -2.54. The average Bonchev–Trinajstić information content (AvgIpc) is 2.58. The molecule has 1 unspecified atom stereocenters. The number of alkyl halides is 2. The van der Waals surface area contributed by atoms with Crippen LogP contribution in [0.5, 0.6) is 5.75 Å². The maximum atomic E-state index is 12.3. The zero-order valence-corrected chi connectivity index (χ0v) is 13.1. The van der Waals surface area contributed by atoms with Crippen molar-refractivity contribution in [3.8, 4) is 5.75 Å². The fourth-order valence-corrected chi connectivity index (χ4v) is 2.17. The Balaban J connectivity index is 2.01. The Morgan fingerprint density at radius 1 is 1.29 bits per heavy atom. The number of hydrogen-bond acceptors (Lipinski definition) is 4. The van der Waals surface area contributed by atoms with Gasteiger partial charge in [0, 0.05) is 12.7 Å². The molecular weight excluding hydrogens is 318 g/mol. The number of carbonyl (C=O) groups excluding carboxylic acids is 1. The Labute approximate surface area is 138 Å². The third-order valence-electron chi connectivity index (χ3n) is 3.35. The molecule has 1 aromatic heterocycles. The van der Waals surface area contributed by atoms with Crippen LogP contribution in [0.2, 0.25) is 0 Å². The molecule has 0 radical (unpaired) electrons. The molecule has 7 heteroatoms. The molecule has 0 aliphatic carbocycles. The van der Waals surface area contributed by atoms with Crippen molar-refractivity contribution in [3.63, 3.8) is 0 Å². The van der Waals surface area contributed by atoms with Crippen LogP contribution in [0.4, 0.5) is 8.78 Å². The van der Waals surface area contributed by atoms with Gasteiger partial charge in [-0.25, -0.2) is 13.8 Å². The van der Waals surface area contributed by atoms with Crippen LogP contribution < -0.4 is 10.1 Å². The standard InChI is InChI=1S/C17H18F2N2O3/c1-11-5-2-3-6-12(11)13(22)9-21-17(23)16-14(7-4-8-20-16)24-10-15(18)19/h2-8,13,15,22H,9-10H2,1H3,(H,21,23). The largest absolute Gasteiger partial charge is 0.485 e. The van der Waals surface area contributed by atoms with E-state index in [1.165, 1.54) is 18.3 Å². The monoisotopic (exact) mass is 336 g/mol. The minimum absolute atomic E-state index is 0.0271. The summed E-state index contributed by atoms with van der Waals surface area (Å²) in [4.78, 5) is 16.0. The van der Waals surface area contributed by atoms with Crippen molar-refractivity contribution >= 4 is 5.91 Å². The second-order valence-corrected chi connectivity index (χ2v) is 5.13. The molecule has 2 N–H and O–H groups in total. The van der Waals surface area contributed by atoms with Gasteiger partial charge in [0.25, 0.3) is 12.3 Å². The number of rotatable bonds is 7. The average molecular weight is 336 g/mol. The summed E-state index contributed by atoms with van der Waals surface area (Å²) < 4.78 is 29.4. The van der Waals surface area contributed by atoms with Crippen LogP contribution in [-0.4, -0.2) is 35.6 Å². The first-order chi connectivity index (χ1) is 11.5. The SMILES string of the molecule is Cc1ccccc1C(O)CNC(=O)c1ncccc1OCC(F)F. The maximum Gasteiger partial charge on any atom is 0.273 e. The van der Waals surface area contributed by atoms with Crippen LogP contribution >= 0.6 is 0 Å². The number of aliphatic hydroxyl groups excluding tert-OH is 1. The zero-order chi connectivity index (χ0) is 17.5. The highest BCUT2D eigenvalue weighted by Crippen LogP contribution is 2.18. The zero-order valence-electron chi connectivity index (χ0n) is 13.1. The van der Waals surface area contributed by atoms with E-state index in [0.717, 1.165) is 5.56 Å². The van der Waals surface area contributed by atoms with Crippen molar-refractivity contribution in [3.05, 3.63) is 59.4 Å². The fraction of sp³-hybridized carbons (Fsp3) is 0.294. The number of aryl methyl sites for hydroxylation is 1. The lowest BCUT2D eigenvalue weighted by molar-refractivity contribution is 0.0785. The summed E-state index contributed by atoms with van der Waals surface area (Å²) in [6, 6.07) is 10.1. The summed E-state index contributed by atoms with van der Waals surface area (Å²) in [5, 5.41) is 12.7. The van der Waals surface area contributed by atoms with E-state index in [2.05, 4.69) is 10.3 Å². The Bertz CT molecular complexity index is 695. The summed E-state index contributed by atoms with van der Waals surface area (Å²) in [6.45, 7) is 1.00. The van der Waals surface area contributed by atoms with E-state index in [1.54, 1.807) is 12.1 Å². The molecule has 128 valence electrons. The molecule has 1 heterocycles. The summed E-state index contributed by atoms with van der Waals surface area (Å²) in [6.07, 6.45) is -2.17. The quantitative estimate of drug-likeness (QED) is 0.815. The summed E-state index contributed by atoms with van der Waals surface area (Å²) in [5.41, 5.74) is 1.50. The number of aromatic nitrogens is 1. The van der Waals surface area contributed by atoms with Crippen LogP contribution in [0, 0.1) is 6.92 Å². The van der Waals surface area contributed by atoms with Gasteiger partial charge in [0.05, 0.1) is 6.10 Å². The van der Waals surface area contributed by atoms with Gasteiger partial charge < -0.3 is 15.2 Å². The van der Waals surface area contributed by atoms with Crippen molar-refractivity contribution in [2.75, 3.05) is 13.2 Å². The first kappa shape index (κ1) is 17.8. The van der Waals surface area contributed by atoms with Crippen molar-refractivity contribution in [2.24, 2.45) is 0 Å². The number of nitrogens with one attached hydrogen (secondary N) is 1. The van der Waals surface area contributed by atoms with Crippen LogP contribution in [0.25, 0.3) is 0 Å². The second-order valence-electron chi connectivity index (χ2n) is 5.13. The molecule has 0 spiro atoms. The number of hydrogen-bond donors (Lipinski definition) is 2. The van der Waals surface area contributed by atoms with Gasteiger partial charge in [-0.15, -0.1) is 0 Å². The predicted molar refractivity (Wildman–Crippen MR) is 84.2 cm³/mol. The fourth-order valence-electron chi connectivity index (χ4n) is 2.17. The van der Waals surface area contributed by atoms with Crippen molar-refractivity contribution in [1.82, 2.24) is 10.3 Å². The van der Waals surface area contributed by atoms with Crippen LogP contribution in [0.15, 0.2) is 42.6 Å². The van der Waals surface area contributed by atoms with E-state index in [-0.39, 0.29) is 18.0 Å². The van der Waals surface area contributed by atoms with Gasteiger partial charge in [-0.05, 0) is 30.2 Å². The Morgan fingerprint density at radius 3 is 2.75 bits per heavy atom. The number of benzene rings is 1. The molecule has 2 rings (SSSR count). The summed E-state index contributed by atoms with van der Waals surface area (Å²) in [5.74, 6) is -0.631. The van der Waals surface area contributed by atoms with Crippen LogP contribution in [0.1, 0.15) is 27.7 Å². The van der Waals surface area contributed by atoms with Gasteiger partial charge in [-0.3, -0.25) is 4.79 Å². The van der Waals surface area contributed by atoms with Crippen molar-refractivity contribution < 1.29 is 23.4 Å². The van der Waals surface area contributed by atoms with Gasteiger partial charge in [-0.1, -0.05) is 24.3 Å². The minimum atomic E-state index is -2.65. The van der Waals surface area contributed by atoms with Crippen LogP contribution in [0.3, 0.4) is 0 Å². The van der Waals surface area contributed by atoms with E-state index >= 15 is 0 Å². The molecule has 0 saturated heterocycles. The third-order valence-corrected chi connectivity index (χ3v) is 3.35. The van der Waals surface area contributed by atoms with Gasteiger partial charge in [0.15, 0.2) is 11.4 Å². The first-order valence-corrected chi connectivity index (χ1v) is 7.36. The Morgan fingerprint density at radius 2 is 2.04 bits per heavy atom. The number of halogens is 2. The summed E-state index contributed by atoms with van der Waals surface area (Å²) in [7, 11) is 0. The molecule has 1 amide bonds. The van der Waals surface area contributed by atoms with Gasteiger partial charge in [0.2, 0.25) is 0 Å². The third kappa shape index (κ3) is 4.73. The number of pyridine rings is 1. The van der Waals surface area contributed by atoms with E-state index in [0.29, 0.717) is 5.56 Å². The highest BCUT2D eigenvalue weighted by atomic mass is 19.3. The maximum absolute atomic E-state index is 12.3. The second kappa shape index (κ2) is 8.35. The number of aliphatic hydroxyl groups is 1. The lowest BCUT2D eigenvalue weighted by atomic mass is 10.0. The van der Waals surface area contributed by atoms with E-state index < -0.39 is 25.0 Å². The van der Waals surface area contributed by atoms with Gasteiger partial charge >= 0.3 is 0 Å². The molecule has 0 aliphatic rings. The molecule has 2 aromatic rings. The molecule has 5 nitrogen and oxygen atoms in total. The first-order valence-electron chi connectivity index (χ1n) is 7.36. The Kier molecular flexibility index (Phi) is 6.20. The van der Waals surface area contributed by atoms with Crippen LogP contribution in [-0.2, 0) is 0 Å². The molecule has 0 fully saturated rings. The van der Waals surface area contributed by atoms with E-state index in [1.807, 2.05) is 19.1 Å². The van der Waals surface area contributed by atoms with Gasteiger partial charge in [0.1, 0.15) is 6.61 Å². The van der Waals surface area contributed by atoms with Crippen molar-refractivity contribution in [2.45, 2.75) is 19.5 Å². The highest BCUT2D eigenvalue weighted by Gasteiger charge is 2.17. The van der Waals surface area contributed by atoms with Crippen molar-refractivity contribution in [1.29, 1.82) is 0 Å². The molecule has 24 heavy (non-hydrogen) atoms. The lowest BCUT2D eigenvalue weighted by Crippen LogP contribution is -2.29. The number of nitrogens with zero attached hydrogens (tertiary/aromatic N) is 1. The lowest BCUT2D eigenvalue weighted by Gasteiger charge is -2.15. The molecule has 1 aromatic carbocycles.